The molecule has 1 aliphatic rings. The first-order valence-electron chi connectivity index (χ1n) is 7.62. The fourth-order valence-corrected chi connectivity index (χ4v) is 2.10. The van der Waals surface area contributed by atoms with E-state index < -0.39 is 0 Å². The van der Waals surface area contributed by atoms with Gasteiger partial charge in [-0.1, -0.05) is 0 Å². The molecule has 0 aliphatic carbocycles. The van der Waals surface area contributed by atoms with E-state index in [0.29, 0.717) is 44.0 Å². The second-order valence-electron chi connectivity index (χ2n) is 5.11. The zero-order valence-electron chi connectivity index (χ0n) is 13.4. The minimum absolute atomic E-state index is 0.228. The number of nitrogens with one attached hydrogen (secondary N) is 1. The van der Waals surface area contributed by atoms with Crippen molar-refractivity contribution in [2.24, 2.45) is 0 Å². The van der Waals surface area contributed by atoms with Gasteiger partial charge in [0.05, 0.1) is 25.4 Å². The third-order valence-electron chi connectivity index (χ3n) is 3.39. The SMILES string of the molecule is CCOC(=O)c1ccc(NC(=O)N(C)CCC2OCCO2)cc1. The number of ether oxygens (including phenoxy) is 3. The van der Waals surface area contributed by atoms with E-state index in [9.17, 15) is 9.59 Å². The predicted molar refractivity (Wildman–Crippen MR) is 84.4 cm³/mol. The Kier molecular flexibility index (Phi) is 6.37. The summed E-state index contributed by atoms with van der Waals surface area (Å²) in [5, 5.41) is 2.77. The van der Waals surface area contributed by atoms with Crippen LogP contribution >= 0.6 is 0 Å². The number of anilines is 1. The number of hydrogen-bond donors (Lipinski definition) is 1. The summed E-state index contributed by atoms with van der Waals surface area (Å²) in [6.07, 6.45) is 0.403. The number of amides is 2. The van der Waals surface area contributed by atoms with Gasteiger partial charge in [0.1, 0.15) is 0 Å². The Bertz CT molecular complexity index is 526. The van der Waals surface area contributed by atoms with Crippen molar-refractivity contribution >= 4 is 17.7 Å². The number of esters is 1. The van der Waals surface area contributed by atoms with Gasteiger partial charge in [-0.3, -0.25) is 0 Å². The van der Waals surface area contributed by atoms with E-state index in [1.54, 1.807) is 43.1 Å². The highest BCUT2D eigenvalue weighted by molar-refractivity contribution is 5.92. The normalized spacial score (nSPS) is 14.5. The molecule has 0 saturated carbocycles. The molecule has 1 heterocycles. The molecule has 23 heavy (non-hydrogen) atoms. The van der Waals surface area contributed by atoms with E-state index >= 15 is 0 Å². The molecule has 1 saturated heterocycles. The van der Waals surface area contributed by atoms with Gasteiger partial charge in [-0.25, -0.2) is 9.59 Å². The lowest BCUT2D eigenvalue weighted by Gasteiger charge is -2.19. The van der Waals surface area contributed by atoms with Crippen LogP contribution in [-0.2, 0) is 14.2 Å². The summed E-state index contributed by atoms with van der Waals surface area (Å²) < 4.78 is 15.6. The lowest BCUT2D eigenvalue weighted by molar-refractivity contribution is -0.0488. The molecule has 0 bridgehead atoms. The van der Waals surface area contributed by atoms with E-state index in [-0.39, 0.29) is 18.3 Å². The Balaban J connectivity index is 1.80. The molecule has 1 aliphatic heterocycles. The third kappa shape index (κ3) is 5.22. The molecular weight excluding hydrogens is 300 g/mol. The molecule has 7 heteroatoms. The van der Waals surface area contributed by atoms with Crippen molar-refractivity contribution < 1.29 is 23.8 Å². The predicted octanol–water partition coefficient (Wildman–Crippen LogP) is 2.09. The lowest BCUT2D eigenvalue weighted by Crippen LogP contribution is -2.33. The van der Waals surface area contributed by atoms with Gasteiger partial charge in [-0.2, -0.15) is 0 Å². The highest BCUT2D eigenvalue weighted by Gasteiger charge is 2.18. The van der Waals surface area contributed by atoms with Crippen molar-refractivity contribution in [2.75, 3.05) is 38.7 Å². The first kappa shape index (κ1) is 17.2. The van der Waals surface area contributed by atoms with Gasteiger partial charge in [0.15, 0.2) is 6.29 Å². The van der Waals surface area contributed by atoms with Crippen LogP contribution in [0.1, 0.15) is 23.7 Å². The number of urea groups is 1. The van der Waals surface area contributed by atoms with Crippen LogP contribution in [0.2, 0.25) is 0 Å². The molecule has 0 atom stereocenters. The Hall–Kier alpha value is -2.12. The largest absolute Gasteiger partial charge is 0.462 e. The number of benzene rings is 1. The molecule has 0 radical (unpaired) electrons. The molecule has 1 aromatic carbocycles. The van der Waals surface area contributed by atoms with E-state index in [0.717, 1.165) is 0 Å². The highest BCUT2D eigenvalue weighted by atomic mass is 16.7. The van der Waals surface area contributed by atoms with Crippen molar-refractivity contribution in [1.29, 1.82) is 0 Å². The average molecular weight is 322 g/mol. The van der Waals surface area contributed by atoms with Crippen LogP contribution in [-0.4, -0.2) is 56.6 Å². The van der Waals surface area contributed by atoms with Crippen LogP contribution in [0.3, 0.4) is 0 Å². The Morgan fingerprint density at radius 2 is 1.91 bits per heavy atom. The lowest BCUT2D eigenvalue weighted by atomic mass is 10.2. The topological polar surface area (TPSA) is 77.1 Å². The van der Waals surface area contributed by atoms with Crippen molar-refractivity contribution in [3.8, 4) is 0 Å². The Morgan fingerprint density at radius 3 is 2.52 bits per heavy atom. The quantitative estimate of drug-likeness (QED) is 0.812. The second kappa shape index (κ2) is 8.50. The summed E-state index contributed by atoms with van der Waals surface area (Å²) in [6, 6.07) is 6.34. The van der Waals surface area contributed by atoms with Gasteiger partial charge < -0.3 is 24.4 Å². The molecule has 2 rings (SSSR count). The minimum Gasteiger partial charge on any atom is -0.462 e. The van der Waals surface area contributed by atoms with E-state index in [4.69, 9.17) is 14.2 Å². The highest BCUT2D eigenvalue weighted by Crippen LogP contribution is 2.12. The maximum atomic E-state index is 12.1. The molecule has 0 unspecified atom stereocenters. The van der Waals surface area contributed by atoms with Crippen LogP contribution in [0.5, 0.6) is 0 Å². The zero-order chi connectivity index (χ0) is 16.7. The Morgan fingerprint density at radius 1 is 1.26 bits per heavy atom. The number of carbonyl (C=O) groups is 2. The molecule has 126 valence electrons. The fourth-order valence-electron chi connectivity index (χ4n) is 2.10. The van der Waals surface area contributed by atoms with Crippen LogP contribution in [0.15, 0.2) is 24.3 Å². The molecule has 1 fully saturated rings. The first-order chi connectivity index (χ1) is 11.1. The van der Waals surface area contributed by atoms with Gasteiger partial charge in [-0.15, -0.1) is 0 Å². The van der Waals surface area contributed by atoms with Crippen molar-refractivity contribution in [2.45, 2.75) is 19.6 Å². The van der Waals surface area contributed by atoms with Gasteiger partial charge in [0, 0.05) is 25.7 Å². The smallest absolute Gasteiger partial charge is 0.338 e. The van der Waals surface area contributed by atoms with Crippen molar-refractivity contribution in [1.82, 2.24) is 4.90 Å². The van der Waals surface area contributed by atoms with Crippen molar-refractivity contribution in [3.63, 3.8) is 0 Å². The van der Waals surface area contributed by atoms with E-state index in [2.05, 4.69) is 5.32 Å². The summed E-state index contributed by atoms with van der Waals surface area (Å²) in [5.74, 6) is -0.376. The maximum absolute atomic E-state index is 12.1. The Labute approximate surface area is 135 Å². The van der Waals surface area contributed by atoms with Crippen molar-refractivity contribution in [3.05, 3.63) is 29.8 Å². The molecule has 1 aromatic rings. The minimum atomic E-state index is -0.376. The summed E-state index contributed by atoms with van der Waals surface area (Å²) in [4.78, 5) is 25.2. The van der Waals surface area contributed by atoms with Crippen LogP contribution in [0.25, 0.3) is 0 Å². The number of hydrogen-bond acceptors (Lipinski definition) is 5. The van der Waals surface area contributed by atoms with Gasteiger partial charge in [0.2, 0.25) is 0 Å². The summed E-state index contributed by atoms with van der Waals surface area (Å²) in [6.45, 7) is 3.82. The maximum Gasteiger partial charge on any atom is 0.338 e. The number of nitrogens with zero attached hydrogens (tertiary/aromatic N) is 1. The van der Waals surface area contributed by atoms with Crippen LogP contribution in [0, 0.1) is 0 Å². The molecule has 0 aromatic heterocycles. The summed E-state index contributed by atoms with van der Waals surface area (Å²) >= 11 is 0. The fraction of sp³-hybridized carbons (Fsp3) is 0.500. The molecule has 7 nitrogen and oxygen atoms in total. The summed E-state index contributed by atoms with van der Waals surface area (Å²) in [7, 11) is 1.71. The monoisotopic (exact) mass is 322 g/mol. The first-order valence-corrected chi connectivity index (χ1v) is 7.62. The number of rotatable bonds is 6. The van der Waals surface area contributed by atoms with Crippen LogP contribution in [0.4, 0.5) is 10.5 Å². The standard InChI is InChI=1S/C16H22N2O5/c1-3-21-15(19)12-4-6-13(7-5-12)17-16(20)18(2)9-8-14-22-10-11-23-14/h4-7,14H,3,8-11H2,1-2H3,(H,17,20). The van der Waals surface area contributed by atoms with Gasteiger partial charge in [-0.05, 0) is 31.2 Å². The molecule has 1 N–H and O–H groups in total. The average Bonchev–Trinajstić information content (AvgIpc) is 3.07. The third-order valence-corrected chi connectivity index (χ3v) is 3.39. The number of carbonyl (C=O) groups excluding carboxylic acids is 2. The van der Waals surface area contributed by atoms with E-state index in [1.165, 1.54) is 0 Å². The second-order valence-corrected chi connectivity index (χ2v) is 5.11. The van der Waals surface area contributed by atoms with Crippen LogP contribution < -0.4 is 5.32 Å². The zero-order valence-corrected chi connectivity index (χ0v) is 13.4. The van der Waals surface area contributed by atoms with E-state index in [1.807, 2.05) is 0 Å². The molecular formula is C16H22N2O5. The van der Waals surface area contributed by atoms with Gasteiger partial charge in [0.25, 0.3) is 0 Å². The van der Waals surface area contributed by atoms with Gasteiger partial charge >= 0.3 is 12.0 Å². The summed E-state index contributed by atoms with van der Waals surface area (Å²) in [5.41, 5.74) is 1.07. The molecule has 0 spiro atoms. The molecule has 2 amide bonds.